The van der Waals surface area contributed by atoms with Gasteiger partial charge in [-0.3, -0.25) is 0 Å². The molecule has 0 unspecified atom stereocenters. The topological polar surface area (TPSA) is 90.6 Å². The largest absolute Gasteiger partial charge is 0.464 e. The van der Waals surface area contributed by atoms with Gasteiger partial charge in [-0.15, -0.1) is 5.10 Å². The van der Waals surface area contributed by atoms with Gasteiger partial charge in [0.2, 0.25) is 0 Å². The minimum Gasteiger partial charge on any atom is -0.464 e. The van der Waals surface area contributed by atoms with E-state index in [-0.39, 0.29) is 17.3 Å². The minimum absolute atomic E-state index is 0.147. The summed E-state index contributed by atoms with van der Waals surface area (Å²) in [5.74, 6) is -0.680. The van der Waals surface area contributed by atoms with Crippen molar-refractivity contribution in [3.8, 4) is 0 Å². The number of methoxy groups -OCH3 is 1. The zero-order valence-corrected chi connectivity index (χ0v) is 10.6. The predicted molar refractivity (Wildman–Crippen MR) is 62.9 cm³/mol. The van der Waals surface area contributed by atoms with E-state index in [1.807, 2.05) is 0 Å². The second-order valence-corrected chi connectivity index (χ2v) is 5.91. The summed E-state index contributed by atoms with van der Waals surface area (Å²) in [4.78, 5) is 15.5. The van der Waals surface area contributed by atoms with Crippen molar-refractivity contribution in [3.05, 3.63) is 29.7 Å². The Morgan fingerprint density at radius 3 is 2.78 bits per heavy atom. The fourth-order valence-electron chi connectivity index (χ4n) is 1.50. The number of carbonyl (C=O) groups is 1. The summed E-state index contributed by atoms with van der Waals surface area (Å²) in [6.07, 6.45) is 1.10. The van der Waals surface area contributed by atoms with E-state index in [0.29, 0.717) is 5.65 Å². The fraction of sp³-hybridized carbons (Fsp3) is 0.300. The Balaban J connectivity index is 2.54. The van der Waals surface area contributed by atoms with Crippen LogP contribution in [-0.2, 0) is 20.3 Å². The molecule has 2 aromatic heterocycles. The minimum atomic E-state index is -3.22. The van der Waals surface area contributed by atoms with Gasteiger partial charge in [0.05, 0.1) is 7.11 Å². The number of hydrogen-bond donors (Lipinski definition) is 0. The average Bonchev–Trinajstić information content (AvgIpc) is 2.66. The summed E-state index contributed by atoms with van der Waals surface area (Å²) in [7, 11) is -1.96. The molecule has 7 nitrogen and oxygen atoms in total. The Morgan fingerprint density at radius 1 is 1.44 bits per heavy atom. The number of nitrogens with zero attached hydrogens (tertiary/aromatic N) is 3. The quantitative estimate of drug-likeness (QED) is 0.732. The van der Waals surface area contributed by atoms with E-state index in [1.54, 1.807) is 12.1 Å². The van der Waals surface area contributed by atoms with Crippen molar-refractivity contribution in [1.82, 2.24) is 14.6 Å². The highest BCUT2D eigenvalue weighted by molar-refractivity contribution is 7.89. The molecule has 0 aliphatic carbocycles. The third-order valence-electron chi connectivity index (χ3n) is 2.19. The van der Waals surface area contributed by atoms with Crippen LogP contribution < -0.4 is 0 Å². The van der Waals surface area contributed by atoms with Crippen LogP contribution in [0.1, 0.15) is 16.3 Å². The number of rotatable bonds is 3. The second-order valence-electron chi connectivity index (χ2n) is 3.77. The Kier molecular flexibility index (Phi) is 3.04. The number of sulfone groups is 1. The lowest BCUT2D eigenvalue weighted by Crippen LogP contribution is -2.09. The third kappa shape index (κ3) is 2.48. The molecule has 0 spiro atoms. The Bertz CT molecular complexity index is 705. The zero-order chi connectivity index (χ0) is 13.3. The van der Waals surface area contributed by atoms with Gasteiger partial charge in [0.25, 0.3) is 0 Å². The average molecular weight is 269 g/mol. The van der Waals surface area contributed by atoms with Crippen molar-refractivity contribution < 1.29 is 17.9 Å². The van der Waals surface area contributed by atoms with Gasteiger partial charge in [0, 0.05) is 6.26 Å². The van der Waals surface area contributed by atoms with E-state index in [4.69, 9.17) is 0 Å². The van der Waals surface area contributed by atoms with Crippen molar-refractivity contribution >= 4 is 21.5 Å². The van der Waals surface area contributed by atoms with Crippen molar-refractivity contribution in [2.24, 2.45) is 0 Å². The molecule has 0 amide bonds. The predicted octanol–water partition coefficient (Wildman–Crippen LogP) is 0.0605. The number of esters is 1. The smallest absolute Gasteiger partial charge is 0.356 e. The Morgan fingerprint density at radius 2 is 2.17 bits per heavy atom. The van der Waals surface area contributed by atoms with E-state index < -0.39 is 15.8 Å². The standard InChI is InChI=1S/C10H11N3O4S/c1-17-10(14)7-4-3-5-9-11-8(12-13(7)9)6-18(2,15)16/h3-5H,6H2,1-2H3. The highest BCUT2D eigenvalue weighted by atomic mass is 32.2. The molecule has 0 saturated carbocycles. The molecule has 0 saturated heterocycles. The van der Waals surface area contributed by atoms with Gasteiger partial charge in [0.1, 0.15) is 5.75 Å². The maximum absolute atomic E-state index is 11.5. The SMILES string of the molecule is COC(=O)c1cccc2nc(CS(C)(=O)=O)nn12. The summed E-state index contributed by atoms with van der Waals surface area (Å²) in [5, 5.41) is 3.99. The molecule has 0 fully saturated rings. The molecule has 0 bridgehead atoms. The summed E-state index contributed by atoms with van der Waals surface area (Å²) in [6, 6.07) is 4.78. The van der Waals surface area contributed by atoms with E-state index in [9.17, 15) is 13.2 Å². The van der Waals surface area contributed by atoms with E-state index >= 15 is 0 Å². The molecule has 2 heterocycles. The molecular weight excluding hydrogens is 258 g/mol. The Labute approximate surface area is 103 Å². The van der Waals surface area contributed by atoms with Crippen molar-refractivity contribution in [1.29, 1.82) is 0 Å². The van der Waals surface area contributed by atoms with Gasteiger partial charge < -0.3 is 4.74 Å². The number of carbonyl (C=O) groups excluding carboxylic acids is 1. The van der Waals surface area contributed by atoms with Gasteiger partial charge in [0.15, 0.2) is 27.0 Å². The molecule has 0 atom stereocenters. The van der Waals surface area contributed by atoms with Gasteiger partial charge in [-0.05, 0) is 12.1 Å². The third-order valence-corrected chi connectivity index (χ3v) is 2.97. The van der Waals surface area contributed by atoms with E-state index in [2.05, 4.69) is 14.8 Å². The maximum Gasteiger partial charge on any atom is 0.356 e. The first kappa shape index (κ1) is 12.5. The second kappa shape index (κ2) is 4.37. The molecule has 2 rings (SSSR count). The van der Waals surface area contributed by atoms with Crippen LogP contribution in [0, 0.1) is 0 Å². The summed E-state index contributed by atoms with van der Waals surface area (Å²) in [6.45, 7) is 0. The van der Waals surface area contributed by atoms with Crippen LogP contribution in [0.5, 0.6) is 0 Å². The molecular formula is C10H11N3O4S. The van der Waals surface area contributed by atoms with Crippen LogP contribution in [0.3, 0.4) is 0 Å². The van der Waals surface area contributed by atoms with Crippen molar-refractivity contribution in [2.45, 2.75) is 5.75 Å². The number of fused-ring (bicyclic) bond motifs is 1. The van der Waals surface area contributed by atoms with Crippen LogP contribution >= 0.6 is 0 Å². The first-order valence-corrected chi connectivity index (χ1v) is 7.07. The highest BCUT2D eigenvalue weighted by Gasteiger charge is 2.15. The molecule has 0 aliphatic heterocycles. The lowest BCUT2D eigenvalue weighted by Gasteiger charge is -2.00. The van der Waals surface area contributed by atoms with Crippen molar-refractivity contribution in [3.63, 3.8) is 0 Å². The van der Waals surface area contributed by atoms with Gasteiger partial charge in [-0.2, -0.15) is 0 Å². The molecule has 0 radical (unpaired) electrons. The molecule has 96 valence electrons. The highest BCUT2D eigenvalue weighted by Crippen LogP contribution is 2.08. The summed E-state index contributed by atoms with van der Waals surface area (Å²) >= 11 is 0. The first-order chi connectivity index (χ1) is 8.40. The number of pyridine rings is 1. The van der Waals surface area contributed by atoms with Crippen LogP contribution in [0.2, 0.25) is 0 Å². The van der Waals surface area contributed by atoms with E-state index in [0.717, 1.165) is 6.26 Å². The molecule has 2 aromatic rings. The van der Waals surface area contributed by atoms with Crippen LogP contribution in [-0.4, -0.2) is 42.4 Å². The molecule has 0 aliphatic rings. The number of ether oxygens (including phenoxy) is 1. The molecule has 0 aromatic carbocycles. The van der Waals surface area contributed by atoms with E-state index in [1.165, 1.54) is 17.7 Å². The van der Waals surface area contributed by atoms with Crippen LogP contribution in [0.15, 0.2) is 18.2 Å². The van der Waals surface area contributed by atoms with Crippen molar-refractivity contribution in [2.75, 3.05) is 13.4 Å². The Hall–Kier alpha value is -1.96. The summed E-state index contributed by atoms with van der Waals surface area (Å²) in [5.41, 5.74) is 0.596. The molecule has 8 heteroatoms. The van der Waals surface area contributed by atoms with Gasteiger partial charge >= 0.3 is 5.97 Å². The molecule has 0 N–H and O–H groups in total. The summed E-state index contributed by atoms with van der Waals surface area (Å²) < 4.78 is 28.2. The fourth-order valence-corrected chi connectivity index (χ4v) is 2.10. The zero-order valence-electron chi connectivity index (χ0n) is 9.82. The number of hydrogen-bond acceptors (Lipinski definition) is 6. The number of aromatic nitrogens is 3. The normalized spacial score (nSPS) is 11.7. The van der Waals surface area contributed by atoms with Gasteiger partial charge in [-0.25, -0.2) is 22.7 Å². The maximum atomic E-state index is 11.5. The van der Waals surface area contributed by atoms with Crippen LogP contribution in [0.25, 0.3) is 5.65 Å². The lowest BCUT2D eigenvalue weighted by atomic mass is 10.3. The van der Waals surface area contributed by atoms with Gasteiger partial charge in [-0.1, -0.05) is 6.07 Å². The first-order valence-electron chi connectivity index (χ1n) is 5.01. The lowest BCUT2D eigenvalue weighted by molar-refractivity contribution is 0.0591. The monoisotopic (exact) mass is 269 g/mol. The van der Waals surface area contributed by atoms with Crippen LogP contribution in [0.4, 0.5) is 0 Å². The molecule has 18 heavy (non-hydrogen) atoms.